The second kappa shape index (κ2) is 6.54. The molecule has 0 heterocycles. The van der Waals surface area contributed by atoms with Crippen LogP contribution in [0.1, 0.15) is 13.8 Å². The average Bonchev–Trinajstić information content (AvgIpc) is 2.03. The van der Waals surface area contributed by atoms with Crippen LogP contribution in [0.4, 0.5) is 0 Å². The fraction of sp³-hybridized carbons (Fsp3) is 0.714. The van der Waals surface area contributed by atoms with Crippen molar-refractivity contribution in [1.29, 1.82) is 0 Å². The van der Waals surface area contributed by atoms with Crippen LogP contribution in [-0.4, -0.2) is 34.3 Å². The van der Waals surface area contributed by atoms with Crippen LogP contribution in [0.3, 0.4) is 0 Å². The van der Waals surface area contributed by atoms with Gasteiger partial charge in [-0.1, -0.05) is 11.3 Å². The van der Waals surface area contributed by atoms with Gasteiger partial charge in [-0.3, -0.25) is 9.68 Å². The zero-order chi connectivity index (χ0) is 8.69. The summed E-state index contributed by atoms with van der Waals surface area (Å²) in [5.41, 5.74) is 0.231. The molecule has 1 atom stereocenters. The first-order chi connectivity index (χ1) is 5.26. The summed E-state index contributed by atoms with van der Waals surface area (Å²) in [7, 11) is 0.959. The first-order valence-electron chi connectivity index (χ1n) is 3.93. The van der Waals surface area contributed by atoms with Crippen LogP contribution in [0.5, 0.6) is 0 Å². The first-order valence-corrected chi connectivity index (χ1v) is 5.09. The molecule has 0 aromatic heterocycles. The molecule has 0 saturated heterocycles. The van der Waals surface area contributed by atoms with E-state index in [1.165, 1.54) is 5.23 Å². The molecular weight excluding hydrogens is 158 g/mol. The number of hydrogen-bond donors (Lipinski definition) is 0. The lowest BCUT2D eigenvalue weighted by molar-refractivity contribution is -0.366. The smallest absolute Gasteiger partial charge is 0.0683 e. The maximum atomic E-state index is 5.21. The third kappa shape index (κ3) is 4.31. The fourth-order valence-corrected chi connectivity index (χ4v) is 0.911. The van der Waals surface area contributed by atoms with Crippen LogP contribution < -0.4 is 0 Å². The van der Waals surface area contributed by atoms with E-state index in [4.69, 9.17) is 9.68 Å². The van der Waals surface area contributed by atoms with Gasteiger partial charge in [0, 0.05) is 10.2 Å². The van der Waals surface area contributed by atoms with E-state index in [0.717, 1.165) is 10.2 Å². The average molecular weight is 175 g/mol. The van der Waals surface area contributed by atoms with E-state index in [2.05, 4.69) is 6.58 Å². The standard InChI is InChI=1S/C7H17NO2Si/c1-4-7(11)8(9-5-2)10-6-3/h4,7H,1,5-6H2,2-3,11H3. The number of rotatable bonds is 6. The van der Waals surface area contributed by atoms with Crippen molar-refractivity contribution in [1.82, 2.24) is 5.23 Å². The van der Waals surface area contributed by atoms with E-state index >= 15 is 0 Å². The molecule has 0 spiro atoms. The molecule has 11 heavy (non-hydrogen) atoms. The Balaban J connectivity index is 3.75. The topological polar surface area (TPSA) is 21.7 Å². The highest BCUT2D eigenvalue weighted by atomic mass is 28.1. The first kappa shape index (κ1) is 10.8. The van der Waals surface area contributed by atoms with E-state index in [0.29, 0.717) is 13.2 Å². The minimum atomic E-state index is 0.231. The highest BCUT2D eigenvalue weighted by Gasteiger charge is 2.09. The minimum absolute atomic E-state index is 0.231. The Morgan fingerprint density at radius 2 is 1.91 bits per heavy atom. The van der Waals surface area contributed by atoms with E-state index in [1.54, 1.807) is 0 Å². The van der Waals surface area contributed by atoms with Crippen molar-refractivity contribution in [2.75, 3.05) is 13.2 Å². The van der Waals surface area contributed by atoms with Crippen LogP contribution in [0.2, 0.25) is 0 Å². The Labute approximate surface area is 71.3 Å². The van der Waals surface area contributed by atoms with E-state index in [-0.39, 0.29) is 5.67 Å². The second-order valence-corrected chi connectivity index (χ2v) is 3.28. The largest absolute Gasteiger partial charge is 0.274 e. The molecule has 0 fully saturated rings. The molecule has 3 nitrogen and oxygen atoms in total. The van der Waals surface area contributed by atoms with Crippen LogP contribution in [0, 0.1) is 0 Å². The van der Waals surface area contributed by atoms with Crippen molar-refractivity contribution in [2.24, 2.45) is 0 Å². The monoisotopic (exact) mass is 175 g/mol. The molecule has 0 aromatic carbocycles. The molecule has 0 bridgehead atoms. The van der Waals surface area contributed by atoms with Gasteiger partial charge >= 0.3 is 0 Å². The van der Waals surface area contributed by atoms with E-state index in [1.807, 2.05) is 19.9 Å². The van der Waals surface area contributed by atoms with Crippen LogP contribution in [-0.2, 0) is 9.68 Å². The summed E-state index contributed by atoms with van der Waals surface area (Å²) in [6.45, 7) is 8.81. The van der Waals surface area contributed by atoms with Crippen molar-refractivity contribution in [3.05, 3.63) is 12.7 Å². The Hall–Kier alpha value is -0.163. The van der Waals surface area contributed by atoms with Crippen molar-refractivity contribution < 1.29 is 9.68 Å². The molecule has 0 radical (unpaired) electrons. The number of hydroxylamine groups is 2. The van der Waals surface area contributed by atoms with E-state index in [9.17, 15) is 0 Å². The quantitative estimate of drug-likeness (QED) is 0.324. The van der Waals surface area contributed by atoms with Gasteiger partial charge in [-0.2, -0.15) is 0 Å². The highest BCUT2D eigenvalue weighted by molar-refractivity contribution is 6.12. The van der Waals surface area contributed by atoms with Gasteiger partial charge in [0.2, 0.25) is 0 Å². The number of nitrogens with zero attached hydrogens (tertiary/aromatic N) is 1. The summed E-state index contributed by atoms with van der Waals surface area (Å²) in [5.74, 6) is 0. The molecule has 0 rings (SSSR count). The van der Waals surface area contributed by atoms with Crippen LogP contribution >= 0.6 is 0 Å². The SMILES string of the molecule is C=CC([SiH3])N(OCC)OCC. The lowest BCUT2D eigenvalue weighted by atomic mass is 10.6. The normalized spacial score (nSPS) is 13.7. The molecule has 1 unspecified atom stereocenters. The van der Waals surface area contributed by atoms with Gasteiger partial charge in [0.25, 0.3) is 0 Å². The third-order valence-electron chi connectivity index (χ3n) is 1.19. The summed E-state index contributed by atoms with van der Waals surface area (Å²) in [5, 5.41) is 1.53. The maximum Gasteiger partial charge on any atom is 0.0683 e. The zero-order valence-corrected chi connectivity index (χ0v) is 9.54. The van der Waals surface area contributed by atoms with Gasteiger partial charge < -0.3 is 0 Å². The lowest BCUT2D eigenvalue weighted by Gasteiger charge is -2.23. The summed E-state index contributed by atoms with van der Waals surface area (Å²) in [4.78, 5) is 10.4. The predicted molar refractivity (Wildman–Crippen MR) is 49.0 cm³/mol. The van der Waals surface area contributed by atoms with Gasteiger partial charge in [-0.05, 0) is 13.8 Å². The fourth-order valence-electron chi connectivity index (χ4n) is 0.613. The molecule has 0 aromatic rings. The van der Waals surface area contributed by atoms with Crippen molar-refractivity contribution in [2.45, 2.75) is 19.5 Å². The molecule has 0 aliphatic rings. The molecule has 0 N–H and O–H groups in total. The lowest BCUT2D eigenvalue weighted by Crippen LogP contribution is -2.34. The van der Waals surface area contributed by atoms with Crippen LogP contribution in [0.25, 0.3) is 0 Å². The molecule has 66 valence electrons. The van der Waals surface area contributed by atoms with Crippen molar-refractivity contribution in [3.63, 3.8) is 0 Å². The van der Waals surface area contributed by atoms with Crippen molar-refractivity contribution >= 4 is 10.2 Å². The summed E-state index contributed by atoms with van der Waals surface area (Å²) in [6.07, 6.45) is 1.83. The Morgan fingerprint density at radius 3 is 2.18 bits per heavy atom. The third-order valence-corrected chi connectivity index (χ3v) is 2.08. The van der Waals surface area contributed by atoms with Gasteiger partial charge in [0.1, 0.15) is 0 Å². The molecule has 0 aliphatic heterocycles. The van der Waals surface area contributed by atoms with Gasteiger partial charge in [0.15, 0.2) is 0 Å². The molecule has 0 aliphatic carbocycles. The summed E-state index contributed by atoms with van der Waals surface area (Å²) in [6, 6.07) is 0. The molecular formula is C7H17NO2Si. The molecule has 4 heteroatoms. The van der Waals surface area contributed by atoms with Crippen molar-refractivity contribution in [3.8, 4) is 0 Å². The van der Waals surface area contributed by atoms with Gasteiger partial charge in [0.05, 0.1) is 18.9 Å². The van der Waals surface area contributed by atoms with Crippen LogP contribution in [0.15, 0.2) is 12.7 Å². The number of hydrogen-bond acceptors (Lipinski definition) is 3. The Morgan fingerprint density at radius 1 is 1.45 bits per heavy atom. The van der Waals surface area contributed by atoms with E-state index < -0.39 is 0 Å². The summed E-state index contributed by atoms with van der Waals surface area (Å²) < 4.78 is 0. The zero-order valence-electron chi connectivity index (χ0n) is 7.54. The molecule has 0 saturated carbocycles. The predicted octanol–water partition coefficient (Wildman–Crippen LogP) is 0.0689. The highest BCUT2D eigenvalue weighted by Crippen LogP contribution is 1.98. The minimum Gasteiger partial charge on any atom is -0.274 e. The Kier molecular flexibility index (Phi) is 6.44. The Bertz CT molecular complexity index is 105. The maximum absolute atomic E-state index is 5.21. The molecule has 0 amide bonds. The van der Waals surface area contributed by atoms with Gasteiger partial charge in [-0.25, -0.2) is 0 Å². The summed E-state index contributed by atoms with van der Waals surface area (Å²) >= 11 is 0. The van der Waals surface area contributed by atoms with Gasteiger partial charge in [-0.15, -0.1) is 6.58 Å². The second-order valence-electron chi connectivity index (χ2n) is 2.10.